The summed E-state index contributed by atoms with van der Waals surface area (Å²) in [6.07, 6.45) is 4.79. The minimum atomic E-state index is -4.37. The number of aromatic nitrogens is 1. The quantitative estimate of drug-likeness (QED) is 0.399. The van der Waals surface area contributed by atoms with E-state index in [1.165, 1.54) is 31.4 Å². The molecule has 4 aliphatic rings. The third-order valence-corrected chi connectivity index (χ3v) is 10.2. The lowest BCUT2D eigenvalue weighted by Gasteiger charge is -2.39. The molecule has 4 unspecified atom stereocenters. The zero-order valence-corrected chi connectivity index (χ0v) is 25.7. The van der Waals surface area contributed by atoms with Gasteiger partial charge < -0.3 is 9.84 Å². The van der Waals surface area contributed by atoms with Crippen molar-refractivity contribution in [2.45, 2.75) is 136 Å². The Balaban J connectivity index is 0.000000623. The Kier molecular flexibility index (Phi) is 8.41. The zero-order chi connectivity index (χ0) is 29.7. The number of hydrogen-bond donors (Lipinski definition) is 1. The molecule has 3 aliphatic carbocycles. The van der Waals surface area contributed by atoms with Crippen molar-refractivity contribution in [1.82, 2.24) is 4.98 Å². The number of ether oxygens (including phenoxy) is 1. The molecule has 0 bridgehead atoms. The molecular weight excluding hydrogens is 523 g/mol. The van der Waals surface area contributed by atoms with E-state index in [2.05, 4.69) is 41.5 Å². The fraction of sp³-hybridized carbons (Fsp3) is 0.686. The summed E-state index contributed by atoms with van der Waals surface area (Å²) in [4.78, 5) is 5.31. The largest absolute Gasteiger partial charge is 0.416 e. The minimum Gasteiger partial charge on any atom is -0.388 e. The summed E-state index contributed by atoms with van der Waals surface area (Å²) in [5.74, 6) is 1.48. The number of aliphatic hydroxyl groups is 1. The highest BCUT2D eigenvalue weighted by molar-refractivity contribution is 5.55. The second-order valence-electron chi connectivity index (χ2n) is 14.3. The van der Waals surface area contributed by atoms with Gasteiger partial charge in [0.15, 0.2) is 0 Å². The van der Waals surface area contributed by atoms with Crippen molar-refractivity contribution in [3.8, 4) is 0 Å². The molecule has 1 N–H and O–H groups in total. The molecule has 226 valence electrons. The third kappa shape index (κ3) is 5.72. The lowest BCUT2D eigenvalue weighted by Crippen LogP contribution is -2.34. The van der Waals surface area contributed by atoms with Crippen LogP contribution >= 0.6 is 0 Å². The van der Waals surface area contributed by atoms with Gasteiger partial charge in [-0.3, -0.25) is 4.98 Å². The molecule has 2 heterocycles. The average molecular weight is 572 g/mol. The smallest absolute Gasteiger partial charge is 0.388 e. The standard InChI is InChI=1S/C30H36F3NO2.C5H12/c1-17-7-6-14-29(17)25-23-21(15-28(2,3)16-22(23)35)34-26(18-8-4-5-9-18)24(25)27(36-29)19-10-12-20(13-11-19)30(31,32)33;1-4-5(2)3/h10-13,17-18,22,27,35H,4-9,14-16H2,1-3H3;5H,4H2,1-3H3. The Bertz CT molecular complexity index is 1230. The maximum atomic E-state index is 13.3. The van der Waals surface area contributed by atoms with Gasteiger partial charge >= 0.3 is 6.18 Å². The van der Waals surface area contributed by atoms with Crippen LogP contribution in [0.15, 0.2) is 24.3 Å². The highest BCUT2D eigenvalue weighted by Crippen LogP contribution is 2.62. The summed E-state index contributed by atoms with van der Waals surface area (Å²) < 4.78 is 47.0. The van der Waals surface area contributed by atoms with E-state index in [1.54, 1.807) is 12.1 Å². The van der Waals surface area contributed by atoms with Gasteiger partial charge in [-0.1, -0.05) is 72.9 Å². The van der Waals surface area contributed by atoms with Crippen LogP contribution in [-0.2, 0) is 22.9 Å². The van der Waals surface area contributed by atoms with Gasteiger partial charge in [0.2, 0.25) is 0 Å². The van der Waals surface area contributed by atoms with Crippen LogP contribution in [0.25, 0.3) is 0 Å². The Morgan fingerprint density at radius 1 is 1.02 bits per heavy atom. The van der Waals surface area contributed by atoms with Crippen LogP contribution in [0.1, 0.15) is 157 Å². The number of pyridine rings is 1. The highest BCUT2D eigenvalue weighted by Gasteiger charge is 2.56. The molecule has 0 amide bonds. The SMILES string of the molecule is CC1CCCC12OC(c1ccc(C(F)(F)F)cc1)c1c(C3CCCC3)nc3c(c12)C(O)CC(C)(C)C3.CCC(C)C. The van der Waals surface area contributed by atoms with Crippen LogP contribution in [0.4, 0.5) is 13.2 Å². The number of fused-ring (bicyclic) bond motifs is 4. The van der Waals surface area contributed by atoms with Gasteiger partial charge in [0.05, 0.1) is 23.0 Å². The average Bonchev–Trinajstić information content (AvgIpc) is 3.63. The normalized spacial score (nSPS) is 29.0. The summed E-state index contributed by atoms with van der Waals surface area (Å²) in [6.45, 7) is 13.3. The summed E-state index contributed by atoms with van der Waals surface area (Å²) in [5, 5.41) is 11.5. The summed E-state index contributed by atoms with van der Waals surface area (Å²) in [6, 6.07) is 5.49. The van der Waals surface area contributed by atoms with Crippen molar-refractivity contribution < 1.29 is 23.0 Å². The van der Waals surface area contributed by atoms with E-state index >= 15 is 0 Å². The van der Waals surface area contributed by atoms with E-state index in [1.807, 2.05) is 0 Å². The second-order valence-corrected chi connectivity index (χ2v) is 14.3. The molecular formula is C35H48F3NO2. The van der Waals surface area contributed by atoms with Crippen LogP contribution in [-0.4, -0.2) is 10.1 Å². The molecule has 3 nitrogen and oxygen atoms in total. The first-order valence-electron chi connectivity index (χ1n) is 15.9. The van der Waals surface area contributed by atoms with Gasteiger partial charge in [-0.25, -0.2) is 0 Å². The maximum absolute atomic E-state index is 13.3. The van der Waals surface area contributed by atoms with Gasteiger partial charge in [-0.2, -0.15) is 13.2 Å². The highest BCUT2D eigenvalue weighted by atomic mass is 19.4. The van der Waals surface area contributed by atoms with Crippen molar-refractivity contribution in [2.24, 2.45) is 17.3 Å². The molecule has 0 saturated heterocycles. The molecule has 2 aromatic rings. The number of benzene rings is 1. The number of aliphatic hydroxyl groups excluding tert-OH is 1. The zero-order valence-electron chi connectivity index (χ0n) is 25.7. The lowest BCUT2D eigenvalue weighted by molar-refractivity contribution is -0.137. The van der Waals surface area contributed by atoms with Gasteiger partial charge in [-0.15, -0.1) is 0 Å². The summed E-state index contributed by atoms with van der Waals surface area (Å²) in [5.41, 5.74) is 4.75. The third-order valence-electron chi connectivity index (χ3n) is 10.2. The van der Waals surface area contributed by atoms with Crippen molar-refractivity contribution >= 4 is 0 Å². The number of nitrogens with zero attached hydrogens (tertiary/aromatic N) is 1. The van der Waals surface area contributed by atoms with Crippen LogP contribution in [0.3, 0.4) is 0 Å². The van der Waals surface area contributed by atoms with E-state index in [0.29, 0.717) is 12.3 Å². The molecule has 2 saturated carbocycles. The fourth-order valence-electron chi connectivity index (χ4n) is 7.67. The number of hydrogen-bond acceptors (Lipinski definition) is 3. The molecule has 6 rings (SSSR count). The van der Waals surface area contributed by atoms with Gasteiger partial charge in [0, 0.05) is 22.7 Å². The molecule has 1 spiro atoms. The monoisotopic (exact) mass is 571 g/mol. The first kappa shape index (κ1) is 30.5. The van der Waals surface area contributed by atoms with E-state index in [0.717, 1.165) is 78.1 Å². The van der Waals surface area contributed by atoms with Crippen LogP contribution in [0.5, 0.6) is 0 Å². The van der Waals surface area contributed by atoms with Crippen molar-refractivity contribution in [2.75, 3.05) is 0 Å². The summed E-state index contributed by atoms with van der Waals surface area (Å²) >= 11 is 0. The fourth-order valence-corrected chi connectivity index (χ4v) is 7.67. The van der Waals surface area contributed by atoms with Crippen LogP contribution in [0, 0.1) is 17.3 Å². The molecule has 1 aromatic heterocycles. The first-order chi connectivity index (χ1) is 19.3. The van der Waals surface area contributed by atoms with Gasteiger partial charge in [-0.05, 0) is 85.5 Å². The molecule has 1 aromatic carbocycles. The van der Waals surface area contributed by atoms with Crippen molar-refractivity contribution in [3.05, 3.63) is 63.5 Å². The van der Waals surface area contributed by atoms with E-state index in [-0.39, 0.29) is 11.3 Å². The topological polar surface area (TPSA) is 42.4 Å². The molecule has 4 atom stereocenters. The Hall–Kier alpha value is -1.92. The van der Waals surface area contributed by atoms with E-state index in [4.69, 9.17) is 9.72 Å². The molecule has 2 fully saturated rings. The second kappa shape index (κ2) is 11.3. The van der Waals surface area contributed by atoms with Gasteiger partial charge in [0.1, 0.15) is 6.10 Å². The Labute approximate surface area is 244 Å². The molecule has 41 heavy (non-hydrogen) atoms. The van der Waals surface area contributed by atoms with Crippen LogP contribution < -0.4 is 0 Å². The molecule has 1 aliphatic heterocycles. The molecule has 0 radical (unpaired) electrons. The Morgan fingerprint density at radius 2 is 1.66 bits per heavy atom. The van der Waals surface area contributed by atoms with Crippen molar-refractivity contribution in [3.63, 3.8) is 0 Å². The lowest BCUT2D eigenvalue weighted by atomic mass is 9.69. The Morgan fingerprint density at radius 3 is 2.20 bits per heavy atom. The number of alkyl halides is 3. The van der Waals surface area contributed by atoms with Crippen LogP contribution in [0.2, 0.25) is 0 Å². The van der Waals surface area contributed by atoms with E-state index in [9.17, 15) is 18.3 Å². The summed E-state index contributed by atoms with van der Waals surface area (Å²) in [7, 11) is 0. The van der Waals surface area contributed by atoms with Crippen molar-refractivity contribution in [1.29, 1.82) is 0 Å². The number of halogens is 3. The van der Waals surface area contributed by atoms with E-state index < -0.39 is 29.5 Å². The predicted molar refractivity (Wildman–Crippen MR) is 157 cm³/mol. The maximum Gasteiger partial charge on any atom is 0.416 e. The van der Waals surface area contributed by atoms with Gasteiger partial charge in [0.25, 0.3) is 0 Å². The molecule has 6 heteroatoms. The first-order valence-corrected chi connectivity index (χ1v) is 15.9. The minimum absolute atomic E-state index is 0.0403. The predicted octanol–water partition coefficient (Wildman–Crippen LogP) is 9.95. The number of rotatable bonds is 3.